The van der Waals surface area contributed by atoms with E-state index in [0.29, 0.717) is 23.6 Å². The average molecular weight is 258 g/mol. The third kappa shape index (κ3) is 5.17. The van der Waals surface area contributed by atoms with Gasteiger partial charge < -0.3 is 15.2 Å². The predicted octanol–water partition coefficient (Wildman–Crippen LogP) is 1.47. The van der Waals surface area contributed by atoms with E-state index in [1.165, 1.54) is 7.11 Å². The molecule has 1 rings (SSSR count). The number of ether oxygens (including phenoxy) is 1. The van der Waals surface area contributed by atoms with Crippen molar-refractivity contribution in [2.45, 2.75) is 12.5 Å². The molecular weight excluding hydrogens is 242 g/mol. The second-order valence-corrected chi connectivity index (χ2v) is 4.10. The van der Waals surface area contributed by atoms with E-state index in [2.05, 4.69) is 5.32 Å². The number of hydrogen-bond acceptors (Lipinski definition) is 3. The van der Waals surface area contributed by atoms with Gasteiger partial charge in [0.25, 0.3) is 5.91 Å². The van der Waals surface area contributed by atoms with Crippen LogP contribution >= 0.6 is 11.6 Å². The zero-order valence-electron chi connectivity index (χ0n) is 9.65. The highest BCUT2D eigenvalue weighted by molar-refractivity contribution is 6.30. The monoisotopic (exact) mass is 257 g/mol. The van der Waals surface area contributed by atoms with Crippen LogP contribution in [0.15, 0.2) is 24.3 Å². The summed E-state index contributed by atoms with van der Waals surface area (Å²) in [5, 5.41) is 12.7. The van der Waals surface area contributed by atoms with Crippen LogP contribution in [0.1, 0.15) is 16.8 Å². The van der Waals surface area contributed by atoms with E-state index in [1.54, 1.807) is 24.3 Å². The van der Waals surface area contributed by atoms with Gasteiger partial charge in [-0.1, -0.05) is 11.6 Å². The maximum absolute atomic E-state index is 11.6. The number of benzene rings is 1. The highest BCUT2D eigenvalue weighted by Gasteiger charge is 2.07. The van der Waals surface area contributed by atoms with Gasteiger partial charge in [0.1, 0.15) is 0 Å². The molecule has 94 valence electrons. The van der Waals surface area contributed by atoms with Crippen molar-refractivity contribution in [2.24, 2.45) is 0 Å². The molecule has 1 aromatic carbocycles. The summed E-state index contributed by atoms with van der Waals surface area (Å²) in [4.78, 5) is 11.6. The van der Waals surface area contributed by atoms with Crippen LogP contribution in [0.4, 0.5) is 0 Å². The SMILES string of the molecule is COCC(O)CCNC(=O)c1ccc(Cl)cc1. The zero-order chi connectivity index (χ0) is 12.7. The molecule has 1 unspecified atom stereocenters. The second-order valence-electron chi connectivity index (χ2n) is 3.66. The molecular formula is C12H16ClNO3. The Hall–Kier alpha value is -1.10. The van der Waals surface area contributed by atoms with Crippen LogP contribution in [0.5, 0.6) is 0 Å². The Labute approximate surface area is 106 Å². The Morgan fingerprint density at radius 3 is 2.71 bits per heavy atom. The zero-order valence-corrected chi connectivity index (χ0v) is 10.4. The number of aliphatic hydroxyl groups excluding tert-OH is 1. The van der Waals surface area contributed by atoms with Crippen molar-refractivity contribution in [1.82, 2.24) is 5.32 Å². The predicted molar refractivity (Wildman–Crippen MR) is 66.3 cm³/mol. The van der Waals surface area contributed by atoms with E-state index in [1.807, 2.05) is 0 Å². The number of halogens is 1. The minimum absolute atomic E-state index is 0.175. The van der Waals surface area contributed by atoms with Gasteiger partial charge in [0.2, 0.25) is 0 Å². The van der Waals surface area contributed by atoms with Crippen LogP contribution in [0, 0.1) is 0 Å². The molecule has 0 heterocycles. The van der Waals surface area contributed by atoms with E-state index in [-0.39, 0.29) is 12.5 Å². The molecule has 0 aliphatic rings. The van der Waals surface area contributed by atoms with Gasteiger partial charge in [0, 0.05) is 24.2 Å². The first-order valence-corrected chi connectivity index (χ1v) is 5.72. The minimum atomic E-state index is -0.550. The van der Waals surface area contributed by atoms with Crippen molar-refractivity contribution >= 4 is 17.5 Å². The van der Waals surface area contributed by atoms with Crippen molar-refractivity contribution in [3.63, 3.8) is 0 Å². The number of aliphatic hydroxyl groups is 1. The third-order valence-electron chi connectivity index (χ3n) is 2.23. The Balaban J connectivity index is 2.32. The fourth-order valence-corrected chi connectivity index (χ4v) is 1.46. The molecule has 0 aliphatic carbocycles. The van der Waals surface area contributed by atoms with E-state index in [0.717, 1.165) is 0 Å². The molecule has 17 heavy (non-hydrogen) atoms. The Morgan fingerprint density at radius 2 is 2.12 bits per heavy atom. The van der Waals surface area contributed by atoms with E-state index >= 15 is 0 Å². The Kier molecular flexibility index (Phi) is 5.97. The quantitative estimate of drug-likeness (QED) is 0.811. The van der Waals surface area contributed by atoms with Crippen molar-refractivity contribution in [2.75, 3.05) is 20.3 Å². The number of carbonyl (C=O) groups is 1. The highest BCUT2D eigenvalue weighted by Crippen LogP contribution is 2.09. The number of methoxy groups -OCH3 is 1. The van der Waals surface area contributed by atoms with Gasteiger partial charge in [-0.05, 0) is 30.7 Å². The molecule has 2 N–H and O–H groups in total. The number of amides is 1. The van der Waals surface area contributed by atoms with Gasteiger partial charge in [-0.15, -0.1) is 0 Å². The molecule has 1 aromatic rings. The fourth-order valence-electron chi connectivity index (χ4n) is 1.33. The summed E-state index contributed by atoms with van der Waals surface area (Å²) in [6.07, 6.45) is -0.0850. The number of rotatable bonds is 6. The summed E-state index contributed by atoms with van der Waals surface area (Å²) in [7, 11) is 1.52. The minimum Gasteiger partial charge on any atom is -0.391 e. The molecule has 0 spiro atoms. The normalized spacial score (nSPS) is 12.2. The smallest absolute Gasteiger partial charge is 0.251 e. The van der Waals surface area contributed by atoms with Crippen molar-refractivity contribution in [1.29, 1.82) is 0 Å². The first-order valence-electron chi connectivity index (χ1n) is 5.34. The molecule has 4 nitrogen and oxygen atoms in total. The first kappa shape index (κ1) is 14.0. The van der Waals surface area contributed by atoms with E-state index in [9.17, 15) is 9.90 Å². The van der Waals surface area contributed by atoms with Crippen molar-refractivity contribution in [3.05, 3.63) is 34.9 Å². The molecule has 5 heteroatoms. The summed E-state index contributed by atoms with van der Waals surface area (Å²) in [6.45, 7) is 0.683. The van der Waals surface area contributed by atoms with Crippen LogP contribution in [-0.2, 0) is 4.74 Å². The van der Waals surface area contributed by atoms with Crippen LogP contribution < -0.4 is 5.32 Å². The standard InChI is InChI=1S/C12H16ClNO3/c1-17-8-11(15)6-7-14-12(16)9-2-4-10(13)5-3-9/h2-5,11,15H,6-8H2,1H3,(H,14,16). The lowest BCUT2D eigenvalue weighted by Crippen LogP contribution is -2.28. The second kappa shape index (κ2) is 7.27. The maximum atomic E-state index is 11.6. The summed E-state index contributed by atoms with van der Waals surface area (Å²) in [5.41, 5.74) is 0.552. The first-order chi connectivity index (χ1) is 8.13. The molecule has 0 aromatic heterocycles. The maximum Gasteiger partial charge on any atom is 0.251 e. The molecule has 1 amide bonds. The molecule has 0 radical (unpaired) electrons. The van der Waals surface area contributed by atoms with Gasteiger partial charge in [0.05, 0.1) is 12.7 Å². The summed E-state index contributed by atoms with van der Waals surface area (Å²) in [6, 6.07) is 6.64. The van der Waals surface area contributed by atoms with E-state index < -0.39 is 6.10 Å². The van der Waals surface area contributed by atoms with Gasteiger partial charge in [-0.2, -0.15) is 0 Å². The number of nitrogens with one attached hydrogen (secondary N) is 1. The largest absolute Gasteiger partial charge is 0.391 e. The molecule has 0 aliphatic heterocycles. The Morgan fingerprint density at radius 1 is 1.47 bits per heavy atom. The van der Waals surface area contributed by atoms with Crippen molar-refractivity contribution < 1.29 is 14.6 Å². The number of hydrogen-bond donors (Lipinski definition) is 2. The fraction of sp³-hybridized carbons (Fsp3) is 0.417. The van der Waals surface area contributed by atoms with Crippen LogP contribution in [-0.4, -0.2) is 37.4 Å². The van der Waals surface area contributed by atoms with Gasteiger partial charge in [0.15, 0.2) is 0 Å². The van der Waals surface area contributed by atoms with Gasteiger partial charge in [-0.25, -0.2) is 0 Å². The third-order valence-corrected chi connectivity index (χ3v) is 2.48. The van der Waals surface area contributed by atoms with Crippen LogP contribution in [0.3, 0.4) is 0 Å². The number of carbonyl (C=O) groups excluding carboxylic acids is 1. The van der Waals surface area contributed by atoms with Crippen LogP contribution in [0.25, 0.3) is 0 Å². The van der Waals surface area contributed by atoms with Gasteiger partial charge in [-0.3, -0.25) is 4.79 Å². The topological polar surface area (TPSA) is 58.6 Å². The summed E-state index contributed by atoms with van der Waals surface area (Å²) < 4.78 is 4.78. The summed E-state index contributed by atoms with van der Waals surface area (Å²) >= 11 is 5.72. The lowest BCUT2D eigenvalue weighted by molar-refractivity contribution is 0.0587. The highest BCUT2D eigenvalue weighted by atomic mass is 35.5. The lowest BCUT2D eigenvalue weighted by Gasteiger charge is -2.10. The van der Waals surface area contributed by atoms with E-state index in [4.69, 9.17) is 16.3 Å². The molecule has 0 saturated carbocycles. The lowest BCUT2D eigenvalue weighted by atomic mass is 10.2. The van der Waals surface area contributed by atoms with Crippen molar-refractivity contribution in [3.8, 4) is 0 Å². The van der Waals surface area contributed by atoms with Gasteiger partial charge >= 0.3 is 0 Å². The summed E-state index contributed by atoms with van der Waals surface area (Å²) in [5.74, 6) is -0.175. The average Bonchev–Trinajstić information content (AvgIpc) is 2.30. The molecule has 1 atom stereocenters. The van der Waals surface area contributed by atoms with Crippen LogP contribution in [0.2, 0.25) is 5.02 Å². The Bertz CT molecular complexity index is 353. The molecule has 0 fully saturated rings. The molecule has 0 saturated heterocycles. The molecule has 0 bridgehead atoms.